The van der Waals surface area contributed by atoms with Crippen molar-refractivity contribution in [3.05, 3.63) is 53.2 Å². The number of halogens is 1. The average Bonchev–Trinajstić information content (AvgIpc) is 2.35. The zero-order chi connectivity index (χ0) is 11.8. The van der Waals surface area contributed by atoms with Gasteiger partial charge in [0.25, 0.3) is 0 Å². The molecule has 0 amide bonds. The van der Waals surface area contributed by atoms with Crippen molar-refractivity contribution in [2.45, 2.75) is 0 Å². The van der Waals surface area contributed by atoms with E-state index in [4.69, 9.17) is 16.9 Å². The Kier molecular flexibility index (Phi) is 2.21. The van der Waals surface area contributed by atoms with Crippen molar-refractivity contribution in [1.82, 2.24) is 4.98 Å². The lowest BCUT2D eigenvalue weighted by Crippen LogP contribution is -1.85. The maximum absolute atomic E-state index is 8.92. The molecule has 0 fully saturated rings. The standard InChI is InChI=1S/C14H7ClN2/c15-14-12(8-16)6-11-5-9-3-1-2-4-10(9)7-13(11)17-14/h1-7H. The van der Waals surface area contributed by atoms with Crippen LogP contribution < -0.4 is 0 Å². The quantitative estimate of drug-likeness (QED) is 0.440. The number of pyridine rings is 1. The van der Waals surface area contributed by atoms with Crippen molar-refractivity contribution < 1.29 is 0 Å². The maximum Gasteiger partial charge on any atom is 0.147 e. The monoisotopic (exact) mass is 238 g/mol. The van der Waals surface area contributed by atoms with Gasteiger partial charge in [0.2, 0.25) is 0 Å². The third-order valence-electron chi connectivity index (χ3n) is 2.76. The van der Waals surface area contributed by atoms with Gasteiger partial charge in [0.15, 0.2) is 0 Å². The van der Waals surface area contributed by atoms with Gasteiger partial charge in [-0.05, 0) is 29.0 Å². The molecule has 2 aromatic carbocycles. The van der Waals surface area contributed by atoms with Gasteiger partial charge < -0.3 is 0 Å². The third-order valence-corrected chi connectivity index (χ3v) is 3.04. The van der Waals surface area contributed by atoms with E-state index in [0.29, 0.717) is 5.56 Å². The molecular formula is C14H7ClN2. The van der Waals surface area contributed by atoms with Crippen LogP contribution in [-0.4, -0.2) is 4.98 Å². The van der Waals surface area contributed by atoms with Gasteiger partial charge >= 0.3 is 0 Å². The summed E-state index contributed by atoms with van der Waals surface area (Å²) in [5.41, 5.74) is 1.22. The summed E-state index contributed by atoms with van der Waals surface area (Å²) in [6.07, 6.45) is 0. The lowest BCUT2D eigenvalue weighted by molar-refractivity contribution is 1.37. The molecular weight excluding hydrogens is 232 g/mol. The second-order valence-electron chi connectivity index (χ2n) is 3.83. The molecule has 80 valence electrons. The van der Waals surface area contributed by atoms with E-state index in [-0.39, 0.29) is 5.15 Å². The molecule has 17 heavy (non-hydrogen) atoms. The van der Waals surface area contributed by atoms with Crippen LogP contribution in [0.5, 0.6) is 0 Å². The SMILES string of the molecule is N#Cc1cc2cc3ccccc3cc2nc1Cl. The van der Waals surface area contributed by atoms with E-state index >= 15 is 0 Å². The van der Waals surface area contributed by atoms with Gasteiger partial charge in [-0.25, -0.2) is 4.98 Å². The van der Waals surface area contributed by atoms with E-state index < -0.39 is 0 Å². The number of benzene rings is 2. The normalized spacial score (nSPS) is 10.6. The molecule has 0 radical (unpaired) electrons. The van der Waals surface area contributed by atoms with E-state index in [0.717, 1.165) is 21.7 Å². The molecule has 0 aliphatic heterocycles. The highest BCUT2D eigenvalue weighted by Crippen LogP contribution is 2.24. The molecule has 0 N–H and O–H groups in total. The lowest BCUT2D eigenvalue weighted by atomic mass is 10.1. The zero-order valence-electron chi connectivity index (χ0n) is 8.81. The first-order chi connectivity index (χ1) is 8.28. The van der Waals surface area contributed by atoms with Gasteiger partial charge in [-0.15, -0.1) is 0 Å². The first-order valence-corrected chi connectivity index (χ1v) is 5.55. The van der Waals surface area contributed by atoms with Gasteiger partial charge in [-0.1, -0.05) is 35.9 Å². The van der Waals surface area contributed by atoms with Crippen molar-refractivity contribution in [2.24, 2.45) is 0 Å². The molecule has 3 aromatic rings. The summed E-state index contributed by atoms with van der Waals surface area (Å²) in [6, 6.07) is 15.9. The van der Waals surface area contributed by atoms with Crippen LogP contribution >= 0.6 is 11.6 Å². The molecule has 0 saturated heterocycles. The largest absolute Gasteiger partial charge is 0.235 e. The fraction of sp³-hybridized carbons (Fsp3) is 0. The van der Waals surface area contributed by atoms with Gasteiger partial charge in [0.1, 0.15) is 11.2 Å². The summed E-state index contributed by atoms with van der Waals surface area (Å²) >= 11 is 5.92. The molecule has 1 aromatic heterocycles. The minimum atomic E-state index is 0.260. The topological polar surface area (TPSA) is 36.7 Å². The minimum absolute atomic E-state index is 0.260. The smallest absolute Gasteiger partial charge is 0.147 e. The molecule has 2 nitrogen and oxygen atoms in total. The van der Waals surface area contributed by atoms with E-state index in [1.165, 1.54) is 0 Å². The van der Waals surface area contributed by atoms with E-state index in [2.05, 4.69) is 4.98 Å². The summed E-state index contributed by atoms with van der Waals surface area (Å²) < 4.78 is 0. The fourth-order valence-electron chi connectivity index (χ4n) is 1.92. The molecule has 1 heterocycles. The number of nitriles is 1. The van der Waals surface area contributed by atoms with E-state index in [1.54, 1.807) is 6.07 Å². The Morgan fingerprint density at radius 1 is 1.00 bits per heavy atom. The minimum Gasteiger partial charge on any atom is -0.235 e. The maximum atomic E-state index is 8.92. The fourth-order valence-corrected chi connectivity index (χ4v) is 2.11. The van der Waals surface area contributed by atoms with Crippen molar-refractivity contribution in [3.63, 3.8) is 0 Å². The predicted octanol–water partition coefficient (Wildman–Crippen LogP) is 3.91. The van der Waals surface area contributed by atoms with Crippen molar-refractivity contribution >= 4 is 33.3 Å². The van der Waals surface area contributed by atoms with Gasteiger partial charge in [-0.2, -0.15) is 5.26 Å². The highest BCUT2D eigenvalue weighted by Gasteiger charge is 2.05. The summed E-state index contributed by atoms with van der Waals surface area (Å²) in [4.78, 5) is 4.24. The molecule has 0 aliphatic rings. The van der Waals surface area contributed by atoms with E-state index in [9.17, 15) is 0 Å². The van der Waals surface area contributed by atoms with Crippen LogP contribution in [0.15, 0.2) is 42.5 Å². The molecule has 0 unspecified atom stereocenters. The van der Waals surface area contributed by atoms with Crippen LogP contribution in [0, 0.1) is 11.3 Å². The highest BCUT2D eigenvalue weighted by molar-refractivity contribution is 6.31. The number of aromatic nitrogens is 1. The molecule has 0 bridgehead atoms. The Balaban J connectivity index is 2.45. The third kappa shape index (κ3) is 1.61. The number of rotatable bonds is 0. The Hall–Kier alpha value is -2.11. The Labute approximate surface area is 103 Å². The van der Waals surface area contributed by atoms with Crippen LogP contribution in [0.1, 0.15) is 5.56 Å². The van der Waals surface area contributed by atoms with Crippen LogP contribution in [-0.2, 0) is 0 Å². The number of fused-ring (bicyclic) bond motifs is 2. The van der Waals surface area contributed by atoms with Crippen molar-refractivity contribution in [2.75, 3.05) is 0 Å². The van der Waals surface area contributed by atoms with Crippen LogP contribution in [0.2, 0.25) is 5.15 Å². The predicted molar refractivity (Wildman–Crippen MR) is 69.0 cm³/mol. The first kappa shape index (κ1) is 10.1. The molecule has 0 atom stereocenters. The average molecular weight is 239 g/mol. The molecule has 3 heteroatoms. The van der Waals surface area contributed by atoms with Crippen LogP contribution in [0.3, 0.4) is 0 Å². The molecule has 0 aliphatic carbocycles. The van der Waals surface area contributed by atoms with E-state index in [1.807, 2.05) is 42.5 Å². The lowest BCUT2D eigenvalue weighted by Gasteiger charge is -2.03. The molecule has 3 rings (SSSR count). The first-order valence-electron chi connectivity index (χ1n) is 5.17. The zero-order valence-corrected chi connectivity index (χ0v) is 9.57. The summed E-state index contributed by atoms with van der Waals surface area (Å²) in [7, 11) is 0. The number of hydrogen-bond donors (Lipinski definition) is 0. The van der Waals surface area contributed by atoms with Crippen molar-refractivity contribution in [3.8, 4) is 6.07 Å². The van der Waals surface area contributed by atoms with Gasteiger partial charge in [0.05, 0.1) is 11.1 Å². The number of nitrogens with zero attached hydrogens (tertiary/aromatic N) is 2. The Bertz CT molecular complexity index is 772. The van der Waals surface area contributed by atoms with Crippen LogP contribution in [0.25, 0.3) is 21.7 Å². The summed E-state index contributed by atoms with van der Waals surface area (Å²) in [5.74, 6) is 0. The Morgan fingerprint density at radius 3 is 2.41 bits per heavy atom. The molecule has 0 saturated carbocycles. The van der Waals surface area contributed by atoms with Gasteiger partial charge in [0, 0.05) is 5.39 Å². The summed E-state index contributed by atoms with van der Waals surface area (Å²) in [5, 5.41) is 12.4. The Morgan fingerprint density at radius 2 is 1.71 bits per heavy atom. The second-order valence-corrected chi connectivity index (χ2v) is 4.19. The van der Waals surface area contributed by atoms with Crippen LogP contribution in [0.4, 0.5) is 0 Å². The second kappa shape index (κ2) is 3.73. The van der Waals surface area contributed by atoms with Gasteiger partial charge in [-0.3, -0.25) is 0 Å². The molecule has 0 spiro atoms. The number of hydrogen-bond acceptors (Lipinski definition) is 2. The van der Waals surface area contributed by atoms with Crippen molar-refractivity contribution in [1.29, 1.82) is 5.26 Å². The summed E-state index contributed by atoms with van der Waals surface area (Å²) in [6.45, 7) is 0. The highest BCUT2D eigenvalue weighted by atomic mass is 35.5.